The van der Waals surface area contributed by atoms with Crippen LogP contribution in [0.15, 0.2) is 36.5 Å². The van der Waals surface area contributed by atoms with Crippen molar-refractivity contribution in [2.45, 2.75) is 392 Å². The number of rotatable bonds is 69. The van der Waals surface area contributed by atoms with Crippen LogP contribution in [0.1, 0.15) is 380 Å². The van der Waals surface area contributed by atoms with Crippen molar-refractivity contribution in [3.8, 4) is 0 Å². The van der Waals surface area contributed by atoms with Crippen molar-refractivity contribution >= 4 is 19.7 Å². The number of amides is 1. The number of ether oxygens (including phenoxy) is 1. The van der Waals surface area contributed by atoms with Crippen molar-refractivity contribution in [2.24, 2.45) is 0 Å². The first kappa shape index (κ1) is 83.2. The highest BCUT2D eigenvalue weighted by molar-refractivity contribution is 7.47. The molecule has 0 rings (SSSR count). The number of carbonyl (C=O) groups is 2. The minimum Gasteiger partial charge on any atom is -0.456 e. The Morgan fingerprint density at radius 1 is 0.412 bits per heavy atom. The van der Waals surface area contributed by atoms with Gasteiger partial charge in [0.1, 0.15) is 19.3 Å². The van der Waals surface area contributed by atoms with Gasteiger partial charge in [-0.3, -0.25) is 18.6 Å². The fraction of sp³-hybridized carbons (Fsp3) is 0.893. The number of quaternary nitrogens is 1. The second-order valence-corrected chi connectivity index (χ2v) is 28.3. The zero-order valence-electron chi connectivity index (χ0n) is 57.6. The number of nitrogens with one attached hydrogen (secondary N) is 1. The van der Waals surface area contributed by atoms with Gasteiger partial charge in [-0.25, -0.2) is 4.57 Å². The van der Waals surface area contributed by atoms with Crippen molar-refractivity contribution in [3.63, 3.8) is 0 Å². The lowest BCUT2D eigenvalue weighted by molar-refractivity contribution is -0.870. The second-order valence-electron chi connectivity index (χ2n) is 26.8. The summed E-state index contributed by atoms with van der Waals surface area (Å²) in [4.78, 5) is 37.9. The summed E-state index contributed by atoms with van der Waals surface area (Å²) in [6.07, 6.45) is 81.7. The Hall–Kier alpha value is -1.77. The first-order valence-corrected chi connectivity index (χ1v) is 38.8. The molecule has 0 aliphatic heterocycles. The summed E-state index contributed by atoms with van der Waals surface area (Å²) in [5.74, 6) is -0.483. The van der Waals surface area contributed by atoms with Gasteiger partial charge in [0.05, 0.1) is 33.8 Å². The Bertz CT molecular complexity index is 1550. The molecule has 1 amide bonds. The van der Waals surface area contributed by atoms with Gasteiger partial charge in [0.2, 0.25) is 5.91 Å². The predicted octanol–water partition coefficient (Wildman–Crippen LogP) is 23.8. The van der Waals surface area contributed by atoms with E-state index in [9.17, 15) is 19.0 Å². The van der Waals surface area contributed by atoms with Gasteiger partial charge in [-0.15, -0.1) is 0 Å². The average Bonchev–Trinajstić information content (AvgIpc) is 3.58. The first-order valence-electron chi connectivity index (χ1n) is 37.3. The number of phosphoric ester groups is 1. The molecule has 3 unspecified atom stereocenters. The van der Waals surface area contributed by atoms with Crippen LogP contribution < -0.4 is 5.32 Å². The van der Waals surface area contributed by atoms with Crippen molar-refractivity contribution in [3.05, 3.63) is 36.5 Å². The molecule has 10 heteroatoms. The van der Waals surface area contributed by atoms with Gasteiger partial charge < -0.3 is 19.4 Å². The number of allylic oxidation sites excluding steroid dienone is 5. The molecule has 9 nitrogen and oxygen atoms in total. The standard InChI is InChI=1S/C75H145N2O7P/c1-7-10-13-16-19-22-25-27-29-31-33-35-37-38-40-42-44-46-48-50-53-56-59-62-65-68-75(79)84-73(66-63-60-57-54-51-24-21-18-15-12-9-3)72(71-83-85(80,81)82-70-69-77(4,5)6)76-74(78)67-64-61-58-55-52-49-47-45-43-41-39-36-34-32-30-28-26-23-20-17-14-11-8-2/h19,22,27,29,63,66,72-73H,7-18,20-21,23-26,28,30-62,64-65,67-71H2,1-6H3,(H-,76,78,80,81)/p+1/b22-19-,29-27-,66-63+. The summed E-state index contributed by atoms with van der Waals surface area (Å²) in [5, 5.41) is 3.08. The molecular weight excluding hydrogens is 1070 g/mol. The molecule has 0 radical (unpaired) electrons. The van der Waals surface area contributed by atoms with E-state index in [-0.39, 0.29) is 25.1 Å². The van der Waals surface area contributed by atoms with Gasteiger partial charge in [-0.05, 0) is 63.9 Å². The Labute approximate surface area is 529 Å². The molecule has 0 heterocycles. The molecule has 85 heavy (non-hydrogen) atoms. The number of likely N-dealkylation sites (N-methyl/N-ethyl adjacent to an activating group) is 1. The SMILES string of the molecule is CCCCC/C=C\C/C=C\CCCCCCCCCCCCCCCCCC(=O)OC(/C=C/CCCCCCCCCCC)C(COP(=O)(O)OCC[N+](C)(C)C)NC(=O)CCCCCCCCCCCCCCCCCCCCCCCCC. The van der Waals surface area contributed by atoms with Crippen molar-refractivity contribution in [1.82, 2.24) is 5.32 Å². The summed E-state index contributed by atoms with van der Waals surface area (Å²) < 4.78 is 30.9. The molecule has 0 aromatic carbocycles. The zero-order chi connectivity index (χ0) is 62.1. The number of carbonyl (C=O) groups excluding carboxylic acids is 2. The Balaban J connectivity index is 4.93. The maximum atomic E-state index is 13.6. The fourth-order valence-electron chi connectivity index (χ4n) is 11.3. The molecule has 0 bridgehead atoms. The molecule has 0 aliphatic rings. The number of hydrogen-bond acceptors (Lipinski definition) is 6. The van der Waals surface area contributed by atoms with Crippen LogP contribution in [0.4, 0.5) is 0 Å². The van der Waals surface area contributed by atoms with Crippen LogP contribution in [0.5, 0.6) is 0 Å². The van der Waals surface area contributed by atoms with Gasteiger partial charge in [0.15, 0.2) is 0 Å². The van der Waals surface area contributed by atoms with E-state index in [1.165, 1.54) is 283 Å². The van der Waals surface area contributed by atoms with Crippen LogP contribution in [-0.2, 0) is 27.9 Å². The van der Waals surface area contributed by atoms with E-state index < -0.39 is 20.0 Å². The van der Waals surface area contributed by atoms with Crippen molar-refractivity contribution in [2.75, 3.05) is 40.9 Å². The molecule has 0 saturated carbocycles. The first-order chi connectivity index (χ1) is 41.4. The van der Waals surface area contributed by atoms with Crippen LogP contribution in [0.3, 0.4) is 0 Å². The molecule has 502 valence electrons. The van der Waals surface area contributed by atoms with Crippen LogP contribution in [0.2, 0.25) is 0 Å². The summed E-state index contributed by atoms with van der Waals surface area (Å²) in [5.41, 5.74) is 0. The van der Waals surface area contributed by atoms with E-state index in [1.54, 1.807) is 0 Å². The number of esters is 1. The molecule has 0 aromatic rings. The summed E-state index contributed by atoms with van der Waals surface area (Å²) >= 11 is 0. The molecule has 2 N–H and O–H groups in total. The minimum absolute atomic E-state index is 0.0437. The molecule has 0 aromatic heterocycles. The molecule has 0 fully saturated rings. The van der Waals surface area contributed by atoms with E-state index in [4.69, 9.17) is 13.8 Å². The summed E-state index contributed by atoms with van der Waals surface area (Å²) in [6, 6.07) is -0.844. The van der Waals surface area contributed by atoms with E-state index >= 15 is 0 Å². The van der Waals surface area contributed by atoms with Crippen molar-refractivity contribution in [1.29, 1.82) is 0 Å². The molecule has 3 atom stereocenters. The Morgan fingerprint density at radius 2 is 0.718 bits per heavy atom. The quantitative estimate of drug-likeness (QED) is 0.0205. The second kappa shape index (κ2) is 65.2. The van der Waals surface area contributed by atoms with Crippen LogP contribution in [0.25, 0.3) is 0 Å². The topological polar surface area (TPSA) is 111 Å². The normalized spacial score (nSPS) is 13.6. The maximum absolute atomic E-state index is 13.6. The molecular formula is C75H146N2O7P+. The van der Waals surface area contributed by atoms with E-state index in [2.05, 4.69) is 50.4 Å². The van der Waals surface area contributed by atoms with E-state index in [1.807, 2.05) is 33.3 Å². The third kappa shape index (κ3) is 66.5. The number of phosphoric acid groups is 1. The summed E-state index contributed by atoms with van der Waals surface area (Å²) in [7, 11) is 1.52. The minimum atomic E-state index is -4.45. The highest BCUT2D eigenvalue weighted by Crippen LogP contribution is 2.43. The van der Waals surface area contributed by atoms with Gasteiger partial charge in [-0.2, -0.15) is 0 Å². The van der Waals surface area contributed by atoms with Crippen LogP contribution in [-0.4, -0.2) is 74.3 Å². The monoisotopic (exact) mass is 1220 g/mol. The third-order valence-electron chi connectivity index (χ3n) is 17.1. The van der Waals surface area contributed by atoms with E-state index in [0.717, 1.165) is 64.2 Å². The molecule has 0 saturated heterocycles. The van der Waals surface area contributed by atoms with Gasteiger partial charge in [0, 0.05) is 12.8 Å². The van der Waals surface area contributed by atoms with Crippen LogP contribution >= 0.6 is 7.82 Å². The number of unbranched alkanes of at least 4 members (excludes halogenated alkanes) is 49. The highest BCUT2D eigenvalue weighted by Gasteiger charge is 2.30. The zero-order valence-corrected chi connectivity index (χ0v) is 58.5. The third-order valence-corrected chi connectivity index (χ3v) is 18.1. The smallest absolute Gasteiger partial charge is 0.456 e. The largest absolute Gasteiger partial charge is 0.472 e. The predicted molar refractivity (Wildman–Crippen MR) is 369 cm³/mol. The highest BCUT2D eigenvalue weighted by atomic mass is 31.2. The molecule has 0 spiro atoms. The van der Waals surface area contributed by atoms with E-state index in [0.29, 0.717) is 23.9 Å². The van der Waals surface area contributed by atoms with Crippen molar-refractivity contribution < 1.29 is 37.3 Å². The van der Waals surface area contributed by atoms with Gasteiger partial charge in [0.25, 0.3) is 0 Å². The Kier molecular flexibility index (Phi) is 63.8. The number of nitrogens with zero attached hydrogens (tertiary/aromatic N) is 1. The lowest BCUT2D eigenvalue weighted by atomic mass is 10.0. The Morgan fingerprint density at radius 3 is 1.08 bits per heavy atom. The molecule has 0 aliphatic carbocycles. The maximum Gasteiger partial charge on any atom is 0.472 e. The van der Waals surface area contributed by atoms with Crippen LogP contribution in [0, 0.1) is 0 Å². The lowest BCUT2D eigenvalue weighted by Crippen LogP contribution is -2.47. The fourth-order valence-corrected chi connectivity index (χ4v) is 12.1. The average molecular weight is 1220 g/mol. The van der Waals surface area contributed by atoms with Gasteiger partial charge >= 0.3 is 13.8 Å². The number of hydrogen-bond donors (Lipinski definition) is 2. The lowest BCUT2D eigenvalue weighted by Gasteiger charge is -2.27. The van der Waals surface area contributed by atoms with Gasteiger partial charge in [-0.1, -0.05) is 340 Å². The summed E-state index contributed by atoms with van der Waals surface area (Å²) in [6.45, 7) is 7.05.